The summed E-state index contributed by atoms with van der Waals surface area (Å²) in [5.74, 6) is -0.266. The monoisotopic (exact) mass is 232 g/mol. The number of methoxy groups -OCH3 is 1. The van der Waals surface area contributed by atoms with E-state index in [1.54, 1.807) is 12.4 Å². The predicted molar refractivity (Wildman–Crippen MR) is 64.5 cm³/mol. The quantitative estimate of drug-likeness (QED) is 0.572. The van der Waals surface area contributed by atoms with Crippen LogP contribution in [-0.4, -0.2) is 30.9 Å². The number of amides is 1. The molecule has 0 N–H and O–H groups in total. The van der Waals surface area contributed by atoms with Gasteiger partial charge in [-0.3, -0.25) is 14.5 Å². The summed E-state index contributed by atoms with van der Waals surface area (Å²) in [5.41, 5.74) is 0.985. The smallest absolute Gasteiger partial charge is 0.251 e. The highest BCUT2D eigenvalue weighted by atomic mass is 16.5. The number of carbonyl (C=O) groups is 1. The summed E-state index contributed by atoms with van der Waals surface area (Å²) < 4.78 is 4.87. The maximum absolute atomic E-state index is 11.4. The van der Waals surface area contributed by atoms with Crippen molar-refractivity contribution in [1.29, 1.82) is 0 Å². The molecule has 0 bridgehead atoms. The largest absolute Gasteiger partial charge is 0.364 e. The van der Waals surface area contributed by atoms with Crippen molar-refractivity contribution in [3.63, 3.8) is 0 Å². The molecule has 0 saturated carbocycles. The van der Waals surface area contributed by atoms with Crippen molar-refractivity contribution < 1.29 is 14.3 Å². The lowest BCUT2D eigenvalue weighted by molar-refractivity contribution is -0.130. The van der Waals surface area contributed by atoms with Gasteiger partial charge in [0.15, 0.2) is 0 Å². The fraction of sp³-hybridized carbons (Fsp3) is 0.231. The number of hydrogen-bond acceptors (Lipinski definition) is 3. The Bertz CT molecular complexity index is 412. The van der Waals surface area contributed by atoms with Crippen LogP contribution in [0.15, 0.2) is 36.0 Å². The second-order valence-electron chi connectivity index (χ2n) is 3.41. The molecule has 0 spiro atoms. The van der Waals surface area contributed by atoms with Crippen molar-refractivity contribution in [2.45, 2.75) is 6.92 Å². The van der Waals surface area contributed by atoms with Gasteiger partial charge in [0.05, 0.1) is 5.70 Å². The summed E-state index contributed by atoms with van der Waals surface area (Å²) in [6, 6.07) is 9.25. The molecule has 0 fully saturated rings. The van der Waals surface area contributed by atoms with Crippen LogP contribution in [0.5, 0.6) is 0 Å². The van der Waals surface area contributed by atoms with Gasteiger partial charge in [0.2, 0.25) is 5.91 Å². The third kappa shape index (κ3) is 3.85. The molecule has 89 valence electrons. The van der Waals surface area contributed by atoms with E-state index in [1.807, 2.05) is 30.3 Å². The normalized spacial score (nSPS) is 11.1. The second-order valence-corrected chi connectivity index (χ2v) is 3.41. The molecule has 1 amide bonds. The maximum atomic E-state index is 11.4. The third-order valence-corrected chi connectivity index (χ3v) is 2.14. The Morgan fingerprint density at radius 2 is 2.06 bits per heavy atom. The van der Waals surface area contributed by atoms with Crippen molar-refractivity contribution in [2.75, 3.05) is 13.8 Å². The number of carbonyl (C=O) groups excluding carboxylic acids is 2. The Hall–Kier alpha value is -1.94. The van der Waals surface area contributed by atoms with Crippen LogP contribution in [0.25, 0.3) is 6.08 Å². The van der Waals surface area contributed by atoms with Crippen LogP contribution in [0.2, 0.25) is 0 Å². The average Bonchev–Trinajstić information content (AvgIpc) is 2.34. The first-order valence-corrected chi connectivity index (χ1v) is 5.11. The van der Waals surface area contributed by atoms with Gasteiger partial charge in [0.25, 0.3) is 6.29 Å². The summed E-state index contributed by atoms with van der Waals surface area (Å²) in [6.07, 6.45) is 3.34. The van der Waals surface area contributed by atoms with Crippen LogP contribution in [0.3, 0.4) is 0 Å². The molecule has 4 nitrogen and oxygen atoms in total. The summed E-state index contributed by atoms with van der Waals surface area (Å²) in [5, 5.41) is 0. The lowest BCUT2D eigenvalue weighted by Crippen LogP contribution is -2.30. The molecule has 0 atom stereocenters. The molecule has 1 rings (SSSR count). The zero-order chi connectivity index (χ0) is 12.7. The molecule has 0 saturated heterocycles. The first-order chi connectivity index (χ1) is 8.19. The average molecular weight is 232 g/mol. The van der Waals surface area contributed by atoms with E-state index in [4.69, 9.17) is 4.74 Å². The summed E-state index contributed by atoms with van der Waals surface area (Å²) in [4.78, 5) is 23.5. The highest BCUT2D eigenvalue weighted by Crippen LogP contribution is 2.09. The zero-order valence-corrected chi connectivity index (χ0v) is 9.84. The SMILES string of the molecule is COCN(C(C)=O)C([C]=O)=Cc1ccccc1. The molecule has 1 aromatic carbocycles. The van der Waals surface area contributed by atoms with E-state index >= 15 is 0 Å². The van der Waals surface area contributed by atoms with E-state index in [0.29, 0.717) is 0 Å². The molecule has 0 aliphatic carbocycles. The predicted octanol–water partition coefficient (Wildman–Crippen LogP) is 1.59. The highest BCUT2D eigenvalue weighted by molar-refractivity contribution is 5.89. The van der Waals surface area contributed by atoms with Crippen LogP contribution in [0.1, 0.15) is 12.5 Å². The minimum absolute atomic E-state index is 0.0310. The van der Waals surface area contributed by atoms with Gasteiger partial charge in [-0.1, -0.05) is 30.3 Å². The van der Waals surface area contributed by atoms with Crippen LogP contribution in [0.4, 0.5) is 0 Å². The number of hydrogen-bond donors (Lipinski definition) is 0. The van der Waals surface area contributed by atoms with Gasteiger partial charge in [-0.05, 0) is 11.6 Å². The molecule has 0 aliphatic heterocycles. The maximum Gasteiger partial charge on any atom is 0.251 e. The van der Waals surface area contributed by atoms with Gasteiger partial charge in [-0.25, -0.2) is 0 Å². The van der Waals surface area contributed by atoms with E-state index in [1.165, 1.54) is 18.9 Å². The molecule has 0 aliphatic rings. The summed E-state index contributed by atoms with van der Waals surface area (Å²) >= 11 is 0. The number of allylic oxidation sites excluding steroid dienone is 1. The standard InChI is InChI=1S/C13H14NO3/c1-11(16)14(10-17-2)13(9-15)8-12-6-4-3-5-7-12/h3-8H,10H2,1-2H3. The van der Waals surface area contributed by atoms with E-state index in [9.17, 15) is 9.59 Å². The van der Waals surface area contributed by atoms with Crippen LogP contribution in [-0.2, 0) is 14.3 Å². The first kappa shape index (κ1) is 13.1. The van der Waals surface area contributed by atoms with Gasteiger partial charge >= 0.3 is 0 Å². The van der Waals surface area contributed by atoms with Gasteiger partial charge in [-0.15, -0.1) is 0 Å². The Morgan fingerprint density at radius 3 is 2.53 bits per heavy atom. The Balaban J connectivity index is 3.00. The molecule has 0 aromatic heterocycles. The zero-order valence-electron chi connectivity index (χ0n) is 9.84. The number of benzene rings is 1. The van der Waals surface area contributed by atoms with Crippen molar-refractivity contribution in [1.82, 2.24) is 4.90 Å². The van der Waals surface area contributed by atoms with Crippen LogP contribution in [0, 0.1) is 0 Å². The topological polar surface area (TPSA) is 46.6 Å². The molecule has 4 heteroatoms. The number of nitrogens with zero attached hydrogens (tertiary/aromatic N) is 1. The van der Waals surface area contributed by atoms with E-state index < -0.39 is 0 Å². The van der Waals surface area contributed by atoms with Gasteiger partial charge in [-0.2, -0.15) is 0 Å². The summed E-state index contributed by atoms with van der Waals surface area (Å²) in [7, 11) is 1.46. The fourth-order valence-electron chi connectivity index (χ4n) is 1.33. The second kappa shape index (κ2) is 6.60. The van der Waals surface area contributed by atoms with Crippen molar-refractivity contribution in [2.24, 2.45) is 0 Å². The van der Waals surface area contributed by atoms with E-state index in [-0.39, 0.29) is 18.3 Å². The van der Waals surface area contributed by atoms with Gasteiger partial charge in [0, 0.05) is 14.0 Å². The molecule has 1 aromatic rings. The molecule has 17 heavy (non-hydrogen) atoms. The Kier molecular flexibility index (Phi) is 5.10. The highest BCUT2D eigenvalue weighted by Gasteiger charge is 2.13. The number of rotatable bonds is 5. The lowest BCUT2D eigenvalue weighted by atomic mass is 10.2. The summed E-state index contributed by atoms with van der Waals surface area (Å²) in [6.45, 7) is 1.40. The number of ether oxygens (including phenoxy) is 1. The minimum atomic E-state index is -0.266. The molecule has 0 heterocycles. The molecular formula is C13H14NO3. The van der Waals surface area contributed by atoms with Crippen LogP contribution >= 0.6 is 0 Å². The first-order valence-electron chi connectivity index (χ1n) is 5.11. The van der Waals surface area contributed by atoms with Gasteiger partial charge < -0.3 is 4.74 Å². The van der Waals surface area contributed by atoms with Crippen molar-refractivity contribution in [3.05, 3.63) is 41.6 Å². The fourth-order valence-corrected chi connectivity index (χ4v) is 1.33. The van der Waals surface area contributed by atoms with Crippen LogP contribution < -0.4 is 0 Å². The van der Waals surface area contributed by atoms with Gasteiger partial charge in [0.1, 0.15) is 6.73 Å². The van der Waals surface area contributed by atoms with E-state index in [0.717, 1.165) is 5.56 Å². The van der Waals surface area contributed by atoms with Crippen molar-refractivity contribution in [3.8, 4) is 0 Å². The Morgan fingerprint density at radius 1 is 1.41 bits per heavy atom. The molecule has 1 radical (unpaired) electrons. The Labute approximate surface area is 100 Å². The third-order valence-electron chi connectivity index (χ3n) is 2.14. The lowest BCUT2D eigenvalue weighted by Gasteiger charge is -2.18. The molecule has 0 unspecified atom stereocenters. The van der Waals surface area contributed by atoms with Crippen molar-refractivity contribution >= 4 is 18.3 Å². The van der Waals surface area contributed by atoms with E-state index in [2.05, 4.69) is 0 Å². The minimum Gasteiger partial charge on any atom is -0.364 e. The molecular weight excluding hydrogens is 218 g/mol.